The second kappa shape index (κ2) is 5.94. The number of aromatic nitrogens is 2. The van der Waals surface area contributed by atoms with Crippen LogP contribution in [0.3, 0.4) is 0 Å². The number of hydrogen-bond acceptors (Lipinski definition) is 5. The van der Waals surface area contributed by atoms with Gasteiger partial charge < -0.3 is 10.1 Å². The molecule has 0 saturated heterocycles. The Balaban J connectivity index is 2.20. The van der Waals surface area contributed by atoms with Crippen LogP contribution >= 0.6 is 11.3 Å². The van der Waals surface area contributed by atoms with Gasteiger partial charge in [0.05, 0.1) is 0 Å². The van der Waals surface area contributed by atoms with Gasteiger partial charge in [0, 0.05) is 37.5 Å². The Morgan fingerprint density at radius 3 is 3.11 bits per heavy atom. The van der Waals surface area contributed by atoms with Crippen LogP contribution in [0.15, 0.2) is 16.4 Å². The summed E-state index contributed by atoms with van der Waals surface area (Å²) in [6.07, 6.45) is 2.04. The molecule has 0 unspecified atom stereocenters. The van der Waals surface area contributed by atoms with Gasteiger partial charge in [-0.2, -0.15) is 0 Å². The molecule has 0 bridgehead atoms. The van der Waals surface area contributed by atoms with E-state index in [1.165, 1.54) is 21.9 Å². The molecule has 0 fully saturated rings. The molecular weight excluding hydrogens is 266 g/mol. The minimum Gasteiger partial charge on any atom is -0.385 e. The van der Waals surface area contributed by atoms with Crippen molar-refractivity contribution >= 4 is 22.2 Å². The molecular formula is C12H15N3O3S. The van der Waals surface area contributed by atoms with Crippen LogP contribution in [0.2, 0.25) is 0 Å². The number of aryl methyl sites for hydroxylation is 1. The fourth-order valence-corrected chi connectivity index (χ4v) is 2.52. The maximum atomic E-state index is 12.2. The fourth-order valence-electron chi connectivity index (χ4n) is 1.69. The van der Waals surface area contributed by atoms with Crippen molar-refractivity contribution < 1.29 is 9.53 Å². The Labute approximate surface area is 114 Å². The van der Waals surface area contributed by atoms with Gasteiger partial charge in [0.25, 0.3) is 11.5 Å². The zero-order chi connectivity index (χ0) is 13.8. The minimum atomic E-state index is -0.395. The highest BCUT2D eigenvalue weighted by atomic mass is 32.1. The molecule has 0 spiro atoms. The summed E-state index contributed by atoms with van der Waals surface area (Å²) in [6.45, 7) is 2.85. The third-order valence-electron chi connectivity index (χ3n) is 2.67. The summed E-state index contributed by atoms with van der Waals surface area (Å²) in [4.78, 5) is 28.8. The Kier molecular flexibility index (Phi) is 4.28. The second-order valence-corrected chi connectivity index (χ2v) is 4.91. The maximum Gasteiger partial charge on any atom is 0.271 e. The normalized spacial score (nSPS) is 10.8. The smallest absolute Gasteiger partial charge is 0.271 e. The van der Waals surface area contributed by atoms with Gasteiger partial charge in [-0.3, -0.25) is 14.0 Å². The van der Waals surface area contributed by atoms with Crippen LogP contribution in [-0.2, 0) is 4.74 Å². The van der Waals surface area contributed by atoms with Gasteiger partial charge in [-0.1, -0.05) is 0 Å². The van der Waals surface area contributed by atoms with E-state index < -0.39 is 5.91 Å². The molecule has 2 heterocycles. The molecule has 6 nitrogen and oxygen atoms in total. The third-order valence-corrected chi connectivity index (χ3v) is 3.63. The molecule has 7 heteroatoms. The van der Waals surface area contributed by atoms with E-state index in [1.807, 2.05) is 12.3 Å². The average molecular weight is 281 g/mol. The predicted molar refractivity (Wildman–Crippen MR) is 72.9 cm³/mol. The Hall–Kier alpha value is -1.73. The summed E-state index contributed by atoms with van der Waals surface area (Å²) >= 11 is 1.38. The van der Waals surface area contributed by atoms with Crippen LogP contribution in [0.5, 0.6) is 0 Å². The van der Waals surface area contributed by atoms with Crippen LogP contribution in [0.1, 0.15) is 22.5 Å². The summed E-state index contributed by atoms with van der Waals surface area (Å²) in [5, 5.41) is 4.52. The minimum absolute atomic E-state index is 0.0661. The van der Waals surface area contributed by atoms with E-state index in [9.17, 15) is 9.59 Å². The van der Waals surface area contributed by atoms with Gasteiger partial charge in [0.15, 0.2) is 4.96 Å². The molecule has 0 atom stereocenters. The first-order valence-electron chi connectivity index (χ1n) is 5.88. The largest absolute Gasteiger partial charge is 0.385 e. The summed E-state index contributed by atoms with van der Waals surface area (Å²) in [5.74, 6) is -0.395. The van der Waals surface area contributed by atoms with E-state index in [-0.39, 0.29) is 11.1 Å². The predicted octanol–water partition coefficient (Wildman–Crippen LogP) is 0.831. The number of methoxy groups -OCH3 is 1. The van der Waals surface area contributed by atoms with Crippen molar-refractivity contribution in [1.82, 2.24) is 14.7 Å². The van der Waals surface area contributed by atoms with Crippen molar-refractivity contribution in [2.24, 2.45) is 0 Å². The average Bonchev–Trinajstić information content (AvgIpc) is 2.77. The Morgan fingerprint density at radius 2 is 2.37 bits per heavy atom. The molecule has 2 aromatic rings. The molecule has 0 aromatic carbocycles. The quantitative estimate of drug-likeness (QED) is 0.824. The highest BCUT2D eigenvalue weighted by molar-refractivity contribution is 7.15. The van der Waals surface area contributed by atoms with Crippen molar-refractivity contribution in [3.05, 3.63) is 33.2 Å². The zero-order valence-corrected chi connectivity index (χ0v) is 11.6. The number of fused-ring (bicyclic) bond motifs is 1. The van der Waals surface area contributed by atoms with Crippen molar-refractivity contribution in [1.29, 1.82) is 0 Å². The van der Waals surface area contributed by atoms with E-state index in [2.05, 4.69) is 10.3 Å². The molecule has 1 amide bonds. The zero-order valence-electron chi connectivity index (χ0n) is 10.8. The topological polar surface area (TPSA) is 72.7 Å². The number of thiazole rings is 1. The molecule has 2 rings (SSSR count). The van der Waals surface area contributed by atoms with Crippen LogP contribution in [-0.4, -0.2) is 35.6 Å². The third kappa shape index (κ3) is 2.82. The van der Waals surface area contributed by atoms with Gasteiger partial charge in [-0.25, -0.2) is 4.98 Å². The first-order valence-corrected chi connectivity index (χ1v) is 6.76. The van der Waals surface area contributed by atoms with Crippen LogP contribution < -0.4 is 10.9 Å². The standard InChI is InChI=1S/C12H15N3O3S/c1-8-7-19-12-14-6-9(11(17)15(8)12)10(16)13-4-3-5-18-2/h6-7H,3-5H2,1-2H3,(H,13,16). The lowest BCUT2D eigenvalue weighted by Crippen LogP contribution is -2.32. The van der Waals surface area contributed by atoms with Crippen molar-refractivity contribution in [3.63, 3.8) is 0 Å². The molecule has 0 radical (unpaired) electrons. The second-order valence-electron chi connectivity index (χ2n) is 4.07. The van der Waals surface area contributed by atoms with Gasteiger partial charge in [0.2, 0.25) is 0 Å². The van der Waals surface area contributed by atoms with E-state index >= 15 is 0 Å². The molecule has 0 aliphatic carbocycles. The van der Waals surface area contributed by atoms with E-state index in [1.54, 1.807) is 7.11 Å². The summed E-state index contributed by atoms with van der Waals surface area (Å²) in [6, 6.07) is 0. The monoisotopic (exact) mass is 281 g/mol. The number of amides is 1. The van der Waals surface area contributed by atoms with E-state index in [0.717, 1.165) is 5.69 Å². The number of nitrogens with zero attached hydrogens (tertiary/aromatic N) is 2. The summed E-state index contributed by atoms with van der Waals surface area (Å²) < 4.78 is 6.34. The first-order chi connectivity index (χ1) is 9.15. The highest BCUT2D eigenvalue weighted by Crippen LogP contribution is 2.10. The highest BCUT2D eigenvalue weighted by Gasteiger charge is 2.14. The van der Waals surface area contributed by atoms with Gasteiger partial charge in [-0.15, -0.1) is 11.3 Å². The molecule has 0 aliphatic rings. The number of rotatable bonds is 5. The van der Waals surface area contributed by atoms with Crippen LogP contribution in [0.25, 0.3) is 4.96 Å². The SMILES string of the molecule is COCCCNC(=O)c1cnc2scc(C)n2c1=O. The van der Waals surface area contributed by atoms with E-state index in [0.29, 0.717) is 24.5 Å². The molecule has 0 saturated carbocycles. The van der Waals surface area contributed by atoms with Crippen molar-refractivity contribution in [2.75, 3.05) is 20.3 Å². The number of nitrogens with one attached hydrogen (secondary N) is 1. The van der Waals surface area contributed by atoms with Crippen molar-refractivity contribution in [2.45, 2.75) is 13.3 Å². The fraction of sp³-hybridized carbons (Fsp3) is 0.417. The summed E-state index contributed by atoms with van der Waals surface area (Å²) in [7, 11) is 1.60. The lowest BCUT2D eigenvalue weighted by atomic mass is 10.3. The molecule has 19 heavy (non-hydrogen) atoms. The lowest BCUT2D eigenvalue weighted by molar-refractivity contribution is 0.0946. The Morgan fingerprint density at radius 1 is 1.58 bits per heavy atom. The number of ether oxygens (including phenoxy) is 1. The van der Waals surface area contributed by atoms with Crippen LogP contribution in [0, 0.1) is 6.92 Å². The molecule has 0 aliphatic heterocycles. The number of carbonyl (C=O) groups excluding carboxylic acids is 1. The van der Waals surface area contributed by atoms with Crippen molar-refractivity contribution in [3.8, 4) is 0 Å². The van der Waals surface area contributed by atoms with Gasteiger partial charge >= 0.3 is 0 Å². The molecule has 102 valence electrons. The number of hydrogen-bond donors (Lipinski definition) is 1. The van der Waals surface area contributed by atoms with Gasteiger partial charge in [0.1, 0.15) is 5.56 Å². The first kappa shape index (κ1) is 13.7. The Bertz CT molecular complexity index is 647. The number of carbonyl (C=O) groups is 1. The van der Waals surface area contributed by atoms with Crippen LogP contribution in [0.4, 0.5) is 0 Å². The maximum absolute atomic E-state index is 12.2. The van der Waals surface area contributed by atoms with Gasteiger partial charge in [-0.05, 0) is 13.3 Å². The summed E-state index contributed by atoms with van der Waals surface area (Å²) in [5.41, 5.74) is 0.524. The van der Waals surface area contributed by atoms with E-state index in [4.69, 9.17) is 4.74 Å². The molecule has 2 aromatic heterocycles. The lowest BCUT2D eigenvalue weighted by Gasteiger charge is -2.04. The molecule has 1 N–H and O–H groups in total.